The van der Waals surface area contributed by atoms with E-state index in [1.807, 2.05) is 13.0 Å². The molecule has 146 valence electrons. The van der Waals surface area contributed by atoms with Crippen molar-refractivity contribution in [1.82, 2.24) is 10.9 Å². The van der Waals surface area contributed by atoms with Gasteiger partial charge < -0.3 is 15.5 Å². The van der Waals surface area contributed by atoms with Crippen molar-refractivity contribution in [3.63, 3.8) is 0 Å². The van der Waals surface area contributed by atoms with E-state index in [1.54, 1.807) is 19.1 Å². The Morgan fingerprint density at radius 3 is 2.39 bits per heavy atom. The predicted molar refractivity (Wildman–Crippen MR) is 104 cm³/mol. The molecule has 0 aliphatic rings. The van der Waals surface area contributed by atoms with Crippen LogP contribution in [0.3, 0.4) is 0 Å². The largest absolute Gasteiger partial charge is 0.495 e. The van der Waals surface area contributed by atoms with Crippen molar-refractivity contribution < 1.29 is 19.2 Å². The standard InChI is InChI=1S/C19H20N4O5/c1-12-4-9-17(28-3)16(10-12)20-18(24)11-13(2)21-22-19(25)14-5-7-15(8-6-14)23(26)27/h4-11,21H,1-3H3,(H,20,24)(H,22,25). The fourth-order valence-corrected chi connectivity index (χ4v) is 2.28. The van der Waals surface area contributed by atoms with E-state index in [2.05, 4.69) is 16.2 Å². The van der Waals surface area contributed by atoms with Gasteiger partial charge in [0.15, 0.2) is 0 Å². The van der Waals surface area contributed by atoms with Crippen LogP contribution in [0.1, 0.15) is 22.8 Å². The summed E-state index contributed by atoms with van der Waals surface area (Å²) in [6, 6.07) is 10.6. The Morgan fingerprint density at radius 1 is 1.11 bits per heavy atom. The summed E-state index contributed by atoms with van der Waals surface area (Å²) < 4.78 is 5.21. The first-order valence-electron chi connectivity index (χ1n) is 8.25. The van der Waals surface area contributed by atoms with Crippen molar-refractivity contribution >= 4 is 23.2 Å². The highest BCUT2D eigenvalue weighted by atomic mass is 16.6. The maximum absolute atomic E-state index is 12.2. The number of carbonyl (C=O) groups excluding carboxylic acids is 2. The Balaban J connectivity index is 1.94. The normalized spacial score (nSPS) is 10.8. The van der Waals surface area contributed by atoms with Crippen LogP contribution in [-0.4, -0.2) is 23.8 Å². The summed E-state index contributed by atoms with van der Waals surface area (Å²) >= 11 is 0. The van der Waals surface area contributed by atoms with Crippen LogP contribution in [-0.2, 0) is 4.79 Å². The molecule has 28 heavy (non-hydrogen) atoms. The van der Waals surface area contributed by atoms with Gasteiger partial charge in [-0.15, -0.1) is 0 Å². The first-order valence-corrected chi connectivity index (χ1v) is 8.25. The number of hydrogen-bond donors (Lipinski definition) is 3. The number of amides is 2. The minimum absolute atomic E-state index is 0.108. The zero-order valence-corrected chi connectivity index (χ0v) is 15.6. The van der Waals surface area contributed by atoms with Crippen molar-refractivity contribution in [2.24, 2.45) is 0 Å². The van der Waals surface area contributed by atoms with Gasteiger partial charge in [0.2, 0.25) is 5.91 Å². The number of nitro benzene ring substituents is 1. The lowest BCUT2D eigenvalue weighted by molar-refractivity contribution is -0.384. The van der Waals surface area contributed by atoms with Crippen molar-refractivity contribution in [2.75, 3.05) is 12.4 Å². The number of anilines is 1. The van der Waals surface area contributed by atoms with Crippen LogP contribution in [0.15, 0.2) is 54.2 Å². The van der Waals surface area contributed by atoms with Crippen LogP contribution in [0.4, 0.5) is 11.4 Å². The third kappa shape index (κ3) is 5.56. The number of methoxy groups -OCH3 is 1. The van der Waals surface area contributed by atoms with E-state index in [0.29, 0.717) is 17.1 Å². The van der Waals surface area contributed by atoms with Crippen LogP contribution >= 0.6 is 0 Å². The first-order chi connectivity index (χ1) is 13.3. The van der Waals surface area contributed by atoms with E-state index >= 15 is 0 Å². The van der Waals surface area contributed by atoms with Crippen molar-refractivity contribution in [3.8, 4) is 5.75 Å². The molecule has 0 heterocycles. The molecule has 0 spiro atoms. The molecule has 0 bridgehead atoms. The Hall–Kier alpha value is -3.88. The number of nitrogens with zero attached hydrogens (tertiary/aromatic N) is 1. The lowest BCUT2D eigenvalue weighted by Gasteiger charge is -2.11. The molecule has 2 aromatic rings. The quantitative estimate of drug-likeness (QED) is 0.383. The molecule has 2 rings (SSSR count). The van der Waals surface area contributed by atoms with Gasteiger partial charge in [0.1, 0.15) is 5.75 Å². The number of carbonyl (C=O) groups is 2. The second-order valence-corrected chi connectivity index (χ2v) is 5.90. The summed E-state index contributed by atoms with van der Waals surface area (Å²) in [7, 11) is 1.51. The van der Waals surface area contributed by atoms with E-state index < -0.39 is 16.7 Å². The van der Waals surface area contributed by atoms with Crippen LogP contribution in [0.5, 0.6) is 5.75 Å². The highest BCUT2D eigenvalue weighted by molar-refractivity contribution is 6.00. The topological polar surface area (TPSA) is 123 Å². The molecular weight excluding hydrogens is 364 g/mol. The van der Waals surface area contributed by atoms with Crippen LogP contribution < -0.4 is 20.9 Å². The molecule has 0 fully saturated rings. The summed E-state index contributed by atoms with van der Waals surface area (Å²) in [5.41, 5.74) is 7.04. The average Bonchev–Trinajstić information content (AvgIpc) is 2.66. The lowest BCUT2D eigenvalue weighted by atomic mass is 10.2. The third-order valence-electron chi connectivity index (χ3n) is 3.67. The summed E-state index contributed by atoms with van der Waals surface area (Å²) in [4.78, 5) is 34.3. The molecule has 2 aromatic carbocycles. The molecule has 0 aliphatic heterocycles. The SMILES string of the molecule is COc1ccc(C)cc1NC(=O)C=C(C)NNC(=O)c1ccc([N+](=O)[O-])cc1. The van der Waals surface area contributed by atoms with Gasteiger partial charge in [0, 0.05) is 29.5 Å². The minimum Gasteiger partial charge on any atom is -0.495 e. The summed E-state index contributed by atoms with van der Waals surface area (Å²) in [6.45, 7) is 3.49. The number of allylic oxidation sites excluding steroid dienone is 1. The predicted octanol–water partition coefficient (Wildman–Crippen LogP) is 2.69. The van der Waals surface area contributed by atoms with Gasteiger partial charge in [-0.2, -0.15) is 0 Å². The maximum atomic E-state index is 12.2. The van der Waals surface area contributed by atoms with Gasteiger partial charge in [-0.3, -0.25) is 25.1 Å². The van der Waals surface area contributed by atoms with Gasteiger partial charge in [0.25, 0.3) is 11.6 Å². The number of benzene rings is 2. The number of hydrogen-bond acceptors (Lipinski definition) is 6. The monoisotopic (exact) mass is 384 g/mol. The minimum atomic E-state index is -0.547. The van der Waals surface area contributed by atoms with Crippen LogP contribution in [0, 0.1) is 17.0 Å². The van der Waals surface area contributed by atoms with Gasteiger partial charge in [0.05, 0.1) is 17.7 Å². The van der Waals surface area contributed by atoms with Crippen molar-refractivity contribution in [1.29, 1.82) is 0 Å². The molecular formula is C19H20N4O5. The van der Waals surface area contributed by atoms with Crippen molar-refractivity contribution in [2.45, 2.75) is 13.8 Å². The molecule has 9 heteroatoms. The number of hydrazine groups is 1. The maximum Gasteiger partial charge on any atom is 0.269 e. The van der Waals surface area contributed by atoms with Crippen molar-refractivity contribution in [3.05, 3.63) is 75.5 Å². The van der Waals surface area contributed by atoms with E-state index in [9.17, 15) is 19.7 Å². The summed E-state index contributed by atoms with van der Waals surface area (Å²) in [5, 5.41) is 13.3. The van der Waals surface area contributed by atoms with Gasteiger partial charge in [-0.05, 0) is 43.7 Å². The molecule has 0 atom stereocenters. The average molecular weight is 384 g/mol. The second kappa shape index (κ2) is 9.17. The fraction of sp³-hybridized carbons (Fsp3) is 0.158. The highest BCUT2D eigenvalue weighted by Gasteiger charge is 2.10. The van der Waals surface area contributed by atoms with Gasteiger partial charge in [-0.1, -0.05) is 6.07 Å². The molecule has 3 N–H and O–H groups in total. The Labute approximate surface area is 161 Å². The smallest absolute Gasteiger partial charge is 0.269 e. The van der Waals surface area contributed by atoms with Crippen LogP contribution in [0.2, 0.25) is 0 Å². The number of aryl methyl sites for hydroxylation is 1. The van der Waals surface area contributed by atoms with E-state index in [-0.39, 0.29) is 11.3 Å². The first kappa shape index (κ1) is 20.4. The molecule has 0 saturated heterocycles. The van der Waals surface area contributed by atoms with E-state index in [1.165, 1.54) is 37.5 Å². The second-order valence-electron chi connectivity index (χ2n) is 5.90. The zero-order chi connectivity index (χ0) is 20.7. The molecule has 9 nitrogen and oxygen atoms in total. The zero-order valence-electron chi connectivity index (χ0n) is 15.6. The Kier molecular flexibility index (Phi) is 6.69. The van der Waals surface area contributed by atoms with Gasteiger partial charge >= 0.3 is 0 Å². The molecule has 0 aliphatic carbocycles. The lowest BCUT2D eigenvalue weighted by Crippen LogP contribution is -2.36. The summed E-state index contributed by atoms with van der Waals surface area (Å²) in [6.07, 6.45) is 1.28. The molecule has 0 aromatic heterocycles. The summed E-state index contributed by atoms with van der Waals surface area (Å²) in [5.74, 6) is -0.369. The molecule has 2 amide bonds. The molecule has 0 unspecified atom stereocenters. The van der Waals surface area contributed by atoms with E-state index in [0.717, 1.165) is 5.56 Å². The van der Waals surface area contributed by atoms with Gasteiger partial charge in [-0.25, -0.2) is 0 Å². The number of nitro groups is 1. The molecule has 0 saturated carbocycles. The van der Waals surface area contributed by atoms with E-state index in [4.69, 9.17) is 4.74 Å². The Bertz CT molecular complexity index is 922. The number of non-ortho nitro benzene ring substituents is 1. The Morgan fingerprint density at radius 2 is 1.79 bits per heavy atom. The molecule has 0 radical (unpaired) electrons. The number of nitrogens with one attached hydrogen (secondary N) is 3. The highest BCUT2D eigenvalue weighted by Crippen LogP contribution is 2.25. The third-order valence-corrected chi connectivity index (χ3v) is 3.67. The number of rotatable bonds is 7. The van der Waals surface area contributed by atoms with Crippen LogP contribution in [0.25, 0.3) is 0 Å². The fourth-order valence-electron chi connectivity index (χ4n) is 2.28. The number of ether oxygens (including phenoxy) is 1.